The van der Waals surface area contributed by atoms with Crippen LogP contribution in [0.1, 0.15) is 76.0 Å². The average Bonchev–Trinajstić information content (AvgIpc) is 3.06. The van der Waals surface area contributed by atoms with E-state index in [9.17, 15) is 4.39 Å². The van der Waals surface area contributed by atoms with Crippen LogP contribution in [0, 0.1) is 5.82 Å². The fourth-order valence-electron chi connectivity index (χ4n) is 3.81. The molecule has 1 aromatic heterocycles. The lowest BCUT2D eigenvalue weighted by atomic mass is 9.80. The molecule has 0 saturated carbocycles. The topological polar surface area (TPSA) is 17.8 Å². The zero-order chi connectivity index (χ0) is 20.6. The predicted molar refractivity (Wildman–Crippen MR) is 116 cm³/mol. The van der Waals surface area contributed by atoms with Crippen LogP contribution in [-0.2, 0) is 7.05 Å². The lowest BCUT2D eigenvalue weighted by molar-refractivity contribution is 0.628. The van der Waals surface area contributed by atoms with Crippen molar-refractivity contribution in [1.82, 2.24) is 9.55 Å². The molecule has 0 saturated heterocycles. The number of rotatable bonds is 5. The first kappa shape index (κ1) is 20.3. The van der Waals surface area contributed by atoms with E-state index in [1.54, 1.807) is 12.3 Å². The number of halogens is 1. The highest BCUT2D eigenvalue weighted by Gasteiger charge is 2.22. The Morgan fingerprint density at radius 1 is 0.821 bits per heavy atom. The largest absolute Gasteiger partial charge is 0.334 e. The van der Waals surface area contributed by atoms with Crippen LogP contribution in [-0.4, -0.2) is 9.55 Å². The van der Waals surface area contributed by atoms with Gasteiger partial charge in [0.15, 0.2) is 0 Å². The molecule has 0 N–H and O–H groups in total. The van der Waals surface area contributed by atoms with Gasteiger partial charge in [0.1, 0.15) is 11.6 Å². The first-order chi connectivity index (χ1) is 13.2. The van der Waals surface area contributed by atoms with Gasteiger partial charge in [-0.1, -0.05) is 53.7 Å². The third kappa shape index (κ3) is 3.76. The molecule has 1 heterocycles. The highest BCUT2D eigenvalue weighted by atomic mass is 19.1. The normalized spacial score (nSPS) is 11.8. The summed E-state index contributed by atoms with van der Waals surface area (Å²) in [6.45, 7) is 13.3. The number of imidazole rings is 1. The fraction of sp³-hybridized carbons (Fsp3) is 0.400. The van der Waals surface area contributed by atoms with Gasteiger partial charge in [-0.3, -0.25) is 0 Å². The third-order valence-corrected chi connectivity index (χ3v) is 5.45. The second-order valence-corrected chi connectivity index (χ2v) is 8.59. The second kappa shape index (κ2) is 7.90. The summed E-state index contributed by atoms with van der Waals surface area (Å²) in [6.07, 6.45) is 3.72. The summed E-state index contributed by atoms with van der Waals surface area (Å²) in [5.41, 5.74) is 6.94. The van der Waals surface area contributed by atoms with Crippen molar-refractivity contribution >= 4 is 0 Å². The van der Waals surface area contributed by atoms with Gasteiger partial charge in [0.2, 0.25) is 0 Å². The molecule has 0 amide bonds. The number of benzene rings is 2. The minimum Gasteiger partial charge on any atom is -0.334 e. The van der Waals surface area contributed by atoms with Crippen LogP contribution in [0.5, 0.6) is 0 Å². The van der Waals surface area contributed by atoms with Crippen molar-refractivity contribution in [2.45, 2.75) is 59.3 Å². The van der Waals surface area contributed by atoms with Gasteiger partial charge in [0, 0.05) is 25.0 Å². The lowest BCUT2D eigenvalue weighted by Gasteiger charge is -2.24. The zero-order valence-electron chi connectivity index (χ0n) is 18.0. The molecule has 0 radical (unpaired) electrons. The van der Waals surface area contributed by atoms with Gasteiger partial charge in [-0.15, -0.1) is 0 Å². The Morgan fingerprint density at radius 2 is 1.43 bits per heavy atom. The molecule has 3 aromatic rings. The number of aryl methyl sites for hydroxylation is 1. The molecule has 0 fully saturated rings. The van der Waals surface area contributed by atoms with E-state index < -0.39 is 0 Å². The Balaban J connectivity index is 2.41. The Hall–Kier alpha value is -2.42. The first-order valence-corrected chi connectivity index (χ1v) is 10.2. The standard InChI is InChI=1S/C25H31FN2/c1-15(2)18-12-21(16(3)4)24(22(13-18)17(5)6)23-14-19(26)8-9-20(23)25-27-10-11-28(25)7/h8-17H,1-7H3. The Morgan fingerprint density at radius 3 is 1.89 bits per heavy atom. The lowest BCUT2D eigenvalue weighted by Crippen LogP contribution is -2.05. The van der Waals surface area contributed by atoms with Crippen LogP contribution >= 0.6 is 0 Å². The zero-order valence-corrected chi connectivity index (χ0v) is 18.0. The number of hydrogen-bond acceptors (Lipinski definition) is 1. The SMILES string of the molecule is CC(C)c1cc(C(C)C)c(-c2cc(F)ccc2-c2nccn2C)c(C(C)C)c1. The van der Waals surface area contributed by atoms with Gasteiger partial charge in [-0.05, 0) is 63.8 Å². The minimum atomic E-state index is -0.217. The van der Waals surface area contributed by atoms with Crippen LogP contribution in [0.3, 0.4) is 0 Å². The molecule has 0 aliphatic rings. The minimum absolute atomic E-state index is 0.217. The number of nitrogens with zero attached hydrogens (tertiary/aromatic N) is 2. The molecule has 2 nitrogen and oxygen atoms in total. The summed E-state index contributed by atoms with van der Waals surface area (Å²) in [5.74, 6) is 1.76. The van der Waals surface area contributed by atoms with E-state index >= 15 is 0 Å². The van der Waals surface area contributed by atoms with E-state index in [4.69, 9.17) is 0 Å². The van der Waals surface area contributed by atoms with Crippen molar-refractivity contribution < 1.29 is 4.39 Å². The molecule has 2 aromatic carbocycles. The van der Waals surface area contributed by atoms with Crippen LogP contribution in [0.25, 0.3) is 22.5 Å². The summed E-state index contributed by atoms with van der Waals surface area (Å²) < 4.78 is 16.4. The molecule has 0 aliphatic heterocycles. The van der Waals surface area contributed by atoms with Gasteiger partial charge >= 0.3 is 0 Å². The van der Waals surface area contributed by atoms with Crippen molar-refractivity contribution in [3.63, 3.8) is 0 Å². The second-order valence-electron chi connectivity index (χ2n) is 8.59. The first-order valence-electron chi connectivity index (χ1n) is 10.2. The van der Waals surface area contributed by atoms with Crippen molar-refractivity contribution in [3.8, 4) is 22.5 Å². The highest BCUT2D eigenvalue weighted by Crippen LogP contribution is 2.42. The molecule has 0 aliphatic carbocycles. The van der Waals surface area contributed by atoms with Crippen LogP contribution in [0.15, 0.2) is 42.7 Å². The monoisotopic (exact) mass is 378 g/mol. The molecule has 28 heavy (non-hydrogen) atoms. The van der Waals surface area contributed by atoms with Crippen LogP contribution < -0.4 is 0 Å². The van der Waals surface area contributed by atoms with Gasteiger partial charge in [0.05, 0.1) is 0 Å². The van der Waals surface area contributed by atoms with Gasteiger partial charge in [-0.25, -0.2) is 9.37 Å². The maximum absolute atomic E-state index is 14.4. The molecule has 3 heteroatoms. The van der Waals surface area contributed by atoms with E-state index in [-0.39, 0.29) is 5.82 Å². The Kier molecular flexibility index (Phi) is 5.74. The molecular formula is C25H31FN2. The summed E-state index contributed by atoms with van der Waals surface area (Å²) >= 11 is 0. The van der Waals surface area contributed by atoms with E-state index in [2.05, 4.69) is 58.7 Å². The molecule has 0 unspecified atom stereocenters. The summed E-state index contributed by atoms with van der Waals surface area (Å²) in [5, 5.41) is 0. The molecule has 3 rings (SSSR count). The van der Waals surface area contributed by atoms with Crippen molar-refractivity contribution in [3.05, 3.63) is 65.2 Å². The highest BCUT2D eigenvalue weighted by molar-refractivity contribution is 5.85. The van der Waals surface area contributed by atoms with Crippen LogP contribution in [0.4, 0.5) is 4.39 Å². The quantitative estimate of drug-likeness (QED) is 0.457. The molecular weight excluding hydrogens is 347 g/mol. The smallest absolute Gasteiger partial charge is 0.140 e. The summed E-state index contributed by atoms with van der Waals surface area (Å²) in [6, 6.07) is 9.68. The van der Waals surface area contributed by atoms with E-state index in [1.165, 1.54) is 22.8 Å². The Bertz CT molecular complexity index is 951. The van der Waals surface area contributed by atoms with Crippen molar-refractivity contribution in [1.29, 1.82) is 0 Å². The number of hydrogen-bond donors (Lipinski definition) is 0. The Labute approximate surface area is 168 Å². The molecule has 0 spiro atoms. The van der Waals surface area contributed by atoms with Crippen LogP contribution in [0.2, 0.25) is 0 Å². The molecule has 0 atom stereocenters. The van der Waals surface area contributed by atoms with E-state index in [1.807, 2.05) is 23.9 Å². The maximum Gasteiger partial charge on any atom is 0.140 e. The fourth-order valence-corrected chi connectivity index (χ4v) is 3.81. The van der Waals surface area contributed by atoms with Gasteiger partial charge < -0.3 is 4.57 Å². The third-order valence-electron chi connectivity index (χ3n) is 5.45. The molecule has 0 bridgehead atoms. The summed E-state index contributed by atoms with van der Waals surface area (Å²) in [4.78, 5) is 4.54. The summed E-state index contributed by atoms with van der Waals surface area (Å²) in [7, 11) is 1.98. The van der Waals surface area contributed by atoms with Gasteiger partial charge in [-0.2, -0.15) is 0 Å². The van der Waals surface area contributed by atoms with Gasteiger partial charge in [0.25, 0.3) is 0 Å². The van der Waals surface area contributed by atoms with Crippen molar-refractivity contribution in [2.24, 2.45) is 7.05 Å². The van der Waals surface area contributed by atoms with E-state index in [0.717, 1.165) is 22.5 Å². The predicted octanol–water partition coefficient (Wildman–Crippen LogP) is 7.26. The average molecular weight is 379 g/mol. The maximum atomic E-state index is 14.4. The van der Waals surface area contributed by atoms with Crippen molar-refractivity contribution in [2.75, 3.05) is 0 Å². The molecule has 148 valence electrons. The van der Waals surface area contributed by atoms with E-state index in [0.29, 0.717) is 17.8 Å². The number of aromatic nitrogens is 2.